The summed E-state index contributed by atoms with van der Waals surface area (Å²) in [5.74, 6) is -0.117. The Morgan fingerprint density at radius 1 is 1.07 bits per heavy atom. The lowest BCUT2D eigenvalue weighted by Crippen LogP contribution is -2.26. The lowest BCUT2D eigenvalue weighted by atomic mass is 10.1. The number of hydrazone groups is 1. The van der Waals surface area contributed by atoms with Gasteiger partial charge in [-0.05, 0) is 19.1 Å². The molecule has 0 saturated carbocycles. The molecule has 0 saturated heterocycles. The Kier molecular flexibility index (Phi) is 5.33. The van der Waals surface area contributed by atoms with E-state index in [1.165, 1.54) is 30.2 Å². The van der Waals surface area contributed by atoms with Crippen molar-refractivity contribution in [1.29, 1.82) is 0 Å². The highest BCUT2D eigenvalue weighted by atomic mass is 32.1. The van der Waals surface area contributed by atoms with Crippen LogP contribution in [0.5, 0.6) is 5.75 Å². The number of thiazole rings is 1. The molecule has 3 aromatic rings. The van der Waals surface area contributed by atoms with E-state index in [-0.39, 0.29) is 5.91 Å². The van der Waals surface area contributed by atoms with Crippen LogP contribution in [-0.2, 0) is 14.3 Å². The average molecular weight is 421 g/mol. The van der Waals surface area contributed by atoms with Crippen LogP contribution in [-0.4, -0.2) is 27.8 Å². The first-order valence-electron chi connectivity index (χ1n) is 9.29. The molecule has 7 nitrogen and oxygen atoms in total. The molecular weight excluding hydrogens is 402 g/mol. The third kappa shape index (κ3) is 3.81. The molecule has 1 aliphatic heterocycles. The molecule has 1 unspecified atom stereocenters. The maximum Gasteiger partial charge on any atom is 0.308 e. The second kappa shape index (κ2) is 8.08. The molecule has 2 heterocycles. The second-order valence-corrected chi connectivity index (χ2v) is 7.67. The zero-order valence-corrected chi connectivity index (χ0v) is 17.5. The van der Waals surface area contributed by atoms with Crippen LogP contribution in [0.3, 0.4) is 0 Å². The lowest BCUT2D eigenvalue weighted by Gasteiger charge is -2.21. The first kappa shape index (κ1) is 19.8. The molecule has 8 heteroatoms. The minimum absolute atomic E-state index is 0.293. The fourth-order valence-corrected chi connectivity index (χ4v) is 4.09. The average Bonchev–Trinajstić information content (AvgIpc) is 3.32. The summed E-state index contributed by atoms with van der Waals surface area (Å²) in [5.41, 5.74) is 2.29. The van der Waals surface area contributed by atoms with Crippen molar-refractivity contribution >= 4 is 29.1 Å². The van der Waals surface area contributed by atoms with Crippen LogP contribution in [0.25, 0.3) is 10.6 Å². The van der Waals surface area contributed by atoms with Crippen LogP contribution in [0.4, 0.5) is 0 Å². The minimum Gasteiger partial charge on any atom is -0.445 e. The molecule has 1 atom stereocenters. The highest BCUT2D eigenvalue weighted by Crippen LogP contribution is 2.38. The van der Waals surface area contributed by atoms with Crippen molar-refractivity contribution in [2.45, 2.75) is 27.0 Å². The Balaban J connectivity index is 1.70. The van der Waals surface area contributed by atoms with E-state index in [1.807, 2.05) is 37.3 Å². The predicted octanol–water partition coefficient (Wildman–Crippen LogP) is 4.28. The fourth-order valence-electron chi connectivity index (χ4n) is 3.09. The molecule has 1 amide bonds. The van der Waals surface area contributed by atoms with Gasteiger partial charge < -0.3 is 9.47 Å². The normalized spacial score (nSPS) is 15.5. The largest absolute Gasteiger partial charge is 0.445 e. The van der Waals surface area contributed by atoms with Crippen LogP contribution in [0, 0.1) is 6.92 Å². The van der Waals surface area contributed by atoms with E-state index in [0.29, 0.717) is 17.2 Å². The van der Waals surface area contributed by atoms with Crippen LogP contribution in [0.15, 0.2) is 59.7 Å². The molecule has 0 N–H and O–H groups in total. The first-order valence-corrected chi connectivity index (χ1v) is 10.1. The van der Waals surface area contributed by atoms with Crippen molar-refractivity contribution in [2.24, 2.45) is 5.10 Å². The zero-order valence-electron chi connectivity index (χ0n) is 16.7. The van der Waals surface area contributed by atoms with Gasteiger partial charge in [0, 0.05) is 19.4 Å². The van der Waals surface area contributed by atoms with Gasteiger partial charge >= 0.3 is 5.97 Å². The van der Waals surface area contributed by atoms with Crippen LogP contribution in [0.1, 0.15) is 36.2 Å². The van der Waals surface area contributed by atoms with E-state index in [9.17, 15) is 9.59 Å². The second-order valence-electron chi connectivity index (χ2n) is 6.67. The van der Waals surface area contributed by atoms with Gasteiger partial charge in [-0.15, -0.1) is 16.4 Å². The van der Waals surface area contributed by atoms with Gasteiger partial charge in [-0.2, -0.15) is 5.01 Å². The summed E-state index contributed by atoms with van der Waals surface area (Å²) < 4.78 is 11.4. The molecule has 0 aliphatic carbocycles. The SMILES string of the molecule is CC(=O)Oc1ccccc1C1OC(c2sc(-c3ccccc3)nc2C)=NN1C(C)=O. The van der Waals surface area contributed by atoms with Gasteiger partial charge in [0.05, 0.1) is 11.3 Å². The number of carbonyl (C=O) groups is 2. The Labute approximate surface area is 177 Å². The number of nitrogens with zero attached hydrogens (tertiary/aromatic N) is 3. The number of aryl methyl sites for hydroxylation is 1. The van der Waals surface area contributed by atoms with Crippen molar-refractivity contribution in [2.75, 3.05) is 0 Å². The standard InChI is InChI=1S/C22H19N3O4S/c1-13-19(30-21(23-13)16-9-5-4-6-10-16)20-24-25(14(2)26)22(29-20)17-11-7-8-12-18(17)28-15(3)27/h4-12,22H,1-3H3. The van der Waals surface area contributed by atoms with Crippen LogP contribution < -0.4 is 4.74 Å². The van der Waals surface area contributed by atoms with Crippen molar-refractivity contribution in [3.05, 3.63) is 70.7 Å². The quantitative estimate of drug-likeness (QED) is 0.464. The molecule has 30 heavy (non-hydrogen) atoms. The summed E-state index contributed by atoms with van der Waals surface area (Å²) in [6.07, 6.45) is -0.838. The number of aromatic nitrogens is 1. The number of rotatable bonds is 4. The highest BCUT2D eigenvalue weighted by molar-refractivity contribution is 7.17. The Morgan fingerprint density at radius 2 is 1.77 bits per heavy atom. The number of esters is 1. The third-order valence-electron chi connectivity index (χ3n) is 4.42. The van der Waals surface area contributed by atoms with Gasteiger partial charge in [-0.3, -0.25) is 9.59 Å². The zero-order chi connectivity index (χ0) is 21.3. The Bertz CT molecular complexity index is 1140. The maximum absolute atomic E-state index is 12.3. The summed E-state index contributed by atoms with van der Waals surface area (Å²) in [4.78, 5) is 29.1. The smallest absolute Gasteiger partial charge is 0.308 e. The van der Waals surface area contributed by atoms with E-state index in [4.69, 9.17) is 9.47 Å². The maximum atomic E-state index is 12.3. The third-order valence-corrected chi connectivity index (χ3v) is 5.61. The van der Waals surface area contributed by atoms with Gasteiger partial charge in [-0.1, -0.05) is 42.5 Å². The number of para-hydroxylation sites is 1. The summed E-state index contributed by atoms with van der Waals surface area (Å²) >= 11 is 1.45. The number of hydrogen-bond donors (Lipinski definition) is 0. The molecule has 1 aromatic heterocycles. The van der Waals surface area contributed by atoms with Crippen molar-refractivity contribution in [3.8, 4) is 16.3 Å². The van der Waals surface area contributed by atoms with E-state index < -0.39 is 12.2 Å². The number of carbonyl (C=O) groups excluding carboxylic acids is 2. The van der Waals surface area contributed by atoms with Crippen LogP contribution >= 0.6 is 11.3 Å². The van der Waals surface area contributed by atoms with E-state index >= 15 is 0 Å². The minimum atomic E-state index is -0.838. The van der Waals surface area contributed by atoms with Gasteiger partial charge in [0.2, 0.25) is 12.1 Å². The monoisotopic (exact) mass is 421 g/mol. The summed E-state index contributed by atoms with van der Waals surface area (Å²) in [5, 5.41) is 6.50. The summed E-state index contributed by atoms with van der Waals surface area (Å²) in [6, 6.07) is 16.8. The van der Waals surface area contributed by atoms with E-state index in [1.54, 1.807) is 24.3 Å². The topological polar surface area (TPSA) is 81.1 Å². The molecular formula is C22H19N3O4S. The molecule has 152 valence electrons. The molecule has 0 fully saturated rings. The Morgan fingerprint density at radius 3 is 2.47 bits per heavy atom. The van der Waals surface area contributed by atoms with Gasteiger partial charge in [0.1, 0.15) is 15.6 Å². The highest BCUT2D eigenvalue weighted by Gasteiger charge is 2.36. The molecule has 0 radical (unpaired) electrons. The van der Waals surface area contributed by atoms with Crippen LogP contribution in [0.2, 0.25) is 0 Å². The molecule has 4 rings (SSSR count). The number of ether oxygens (including phenoxy) is 2. The van der Waals surface area contributed by atoms with Gasteiger partial charge in [0.15, 0.2) is 0 Å². The summed E-state index contributed by atoms with van der Waals surface area (Å²) in [6.45, 7) is 4.61. The van der Waals surface area contributed by atoms with E-state index in [2.05, 4.69) is 10.1 Å². The first-order chi connectivity index (χ1) is 14.4. The molecule has 2 aromatic carbocycles. The van der Waals surface area contributed by atoms with Gasteiger partial charge in [0.25, 0.3) is 5.90 Å². The number of hydrogen-bond acceptors (Lipinski definition) is 7. The molecule has 0 spiro atoms. The van der Waals surface area contributed by atoms with Crippen molar-refractivity contribution in [1.82, 2.24) is 9.99 Å². The number of benzene rings is 2. The summed E-state index contributed by atoms with van der Waals surface area (Å²) in [7, 11) is 0. The van der Waals surface area contributed by atoms with Gasteiger partial charge in [-0.25, -0.2) is 4.98 Å². The van der Waals surface area contributed by atoms with Crippen molar-refractivity contribution in [3.63, 3.8) is 0 Å². The van der Waals surface area contributed by atoms with Crippen molar-refractivity contribution < 1.29 is 19.1 Å². The lowest BCUT2D eigenvalue weighted by molar-refractivity contribution is -0.135. The Hall–Kier alpha value is -3.52. The predicted molar refractivity (Wildman–Crippen MR) is 113 cm³/mol. The molecule has 0 bridgehead atoms. The fraction of sp³-hybridized carbons (Fsp3) is 0.182. The molecule has 1 aliphatic rings. The number of amides is 1. The van der Waals surface area contributed by atoms with E-state index in [0.717, 1.165) is 21.1 Å².